The van der Waals surface area contributed by atoms with E-state index in [2.05, 4.69) is 15.4 Å². The zero-order chi connectivity index (χ0) is 31.1. The maximum Gasteiger partial charge on any atom is 0.408 e. The Morgan fingerprint density at radius 3 is 2.58 bits per heavy atom. The minimum atomic E-state index is -1.01. The van der Waals surface area contributed by atoms with Crippen LogP contribution >= 0.6 is 0 Å². The van der Waals surface area contributed by atoms with E-state index < -0.39 is 17.4 Å². The Balaban J connectivity index is 1.54. The van der Waals surface area contributed by atoms with Crippen molar-refractivity contribution in [3.05, 3.63) is 53.1 Å². The van der Waals surface area contributed by atoms with Crippen molar-refractivity contribution in [2.45, 2.75) is 77.2 Å². The minimum Gasteiger partial charge on any atom is -0.497 e. The first-order valence-corrected chi connectivity index (χ1v) is 14.4. The summed E-state index contributed by atoms with van der Waals surface area (Å²) >= 11 is 0. The van der Waals surface area contributed by atoms with Crippen LogP contribution in [-0.2, 0) is 20.1 Å². The zero-order valence-electron chi connectivity index (χ0n) is 25.5. The van der Waals surface area contributed by atoms with Crippen LogP contribution < -0.4 is 14.8 Å². The first-order valence-electron chi connectivity index (χ1n) is 14.4. The molecule has 2 aliphatic rings. The predicted molar refractivity (Wildman–Crippen MR) is 159 cm³/mol. The molecule has 5 rings (SSSR count). The number of carboxylic acid groups (broad SMARTS) is 1. The number of fused-ring (bicyclic) bond motifs is 1. The van der Waals surface area contributed by atoms with Crippen molar-refractivity contribution < 1.29 is 28.6 Å². The summed E-state index contributed by atoms with van der Waals surface area (Å²) in [6.45, 7) is 5.81. The molecule has 0 bridgehead atoms. The van der Waals surface area contributed by atoms with Crippen LogP contribution in [0.2, 0.25) is 0 Å². The lowest BCUT2D eigenvalue weighted by atomic mass is 9.86. The van der Waals surface area contributed by atoms with E-state index >= 15 is 4.39 Å². The minimum absolute atomic E-state index is 0.00503. The van der Waals surface area contributed by atoms with Crippen molar-refractivity contribution in [3.63, 3.8) is 0 Å². The molecule has 1 aliphatic carbocycles. The molecule has 0 unspecified atom stereocenters. The Kier molecular flexibility index (Phi) is 8.22. The number of pyridine rings is 1. The highest BCUT2D eigenvalue weighted by atomic mass is 19.1. The van der Waals surface area contributed by atoms with Gasteiger partial charge in [0.25, 0.3) is 5.91 Å². The number of methoxy groups -OCH3 is 2. The van der Waals surface area contributed by atoms with Gasteiger partial charge in [0.1, 0.15) is 11.5 Å². The molecule has 3 aromatic rings. The topological polar surface area (TPSA) is 122 Å². The van der Waals surface area contributed by atoms with Crippen LogP contribution in [0.3, 0.4) is 0 Å². The fraction of sp³-hybridized carbons (Fsp3) is 0.484. The van der Waals surface area contributed by atoms with Gasteiger partial charge in [0.05, 0.1) is 44.3 Å². The first kappa shape index (κ1) is 30.1. The van der Waals surface area contributed by atoms with E-state index in [1.165, 1.54) is 4.90 Å². The van der Waals surface area contributed by atoms with Gasteiger partial charge in [-0.05, 0) is 45.7 Å². The van der Waals surface area contributed by atoms with E-state index in [4.69, 9.17) is 9.47 Å². The number of hydrogen-bond acceptors (Lipinski definition) is 7. The number of halogens is 1. The summed E-state index contributed by atoms with van der Waals surface area (Å²) in [5.41, 5.74) is 1.46. The number of nitrogens with zero attached hydrogens (tertiary/aromatic N) is 5. The van der Waals surface area contributed by atoms with Crippen LogP contribution in [0, 0.1) is 5.82 Å². The summed E-state index contributed by atoms with van der Waals surface area (Å²) < 4.78 is 28.8. The van der Waals surface area contributed by atoms with Gasteiger partial charge in [-0.15, -0.1) is 0 Å². The Bertz CT molecular complexity index is 1530. The van der Waals surface area contributed by atoms with Gasteiger partial charge < -0.3 is 24.8 Å². The van der Waals surface area contributed by atoms with Crippen LogP contribution in [0.4, 0.5) is 15.0 Å². The molecule has 0 radical (unpaired) electrons. The molecule has 1 fully saturated rings. The molecule has 2 N–H and O–H groups in total. The van der Waals surface area contributed by atoms with Crippen LogP contribution in [0.1, 0.15) is 67.9 Å². The van der Waals surface area contributed by atoms with Gasteiger partial charge in [0, 0.05) is 54.1 Å². The molecule has 0 spiro atoms. The van der Waals surface area contributed by atoms with Crippen LogP contribution in [0.15, 0.2) is 30.6 Å². The summed E-state index contributed by atoms with van der Waals surface area (Å²) in [4.78, 5) is 33.9. The number of aryl methyl sites for hydroxylation is 1. The van der Waals surface area contributed by atoms with E-state index in [-0.39, 0.29) is 48.0 Å². The summed E-state index contributed by atoms with van der Waals surface area (Å²) in [5.74, 6) is 0.231. The molecule has 2 atom stereocenters. The number of aromatic nitrogens is 3. The Morgan fingerprint density at radius 1 is 1.21 bits per heavy atom. The third-order valence-electron chi connectivity index (χ3n) is 8.23. The first-order chi connectivity index (χ1) is 20.4. The molecule has 2 aromatic heterocycles. The van der Waals surface area contributed by atoms with Gasteiger partial charge in [-0.2, -0.15) is 5.10 Å². The molecule has 11 nitrogen and oxygen atoms in total. The maximum absolute atomic E-state index is 16.4. The van der Waals surface area contributed by atoms with Gasteiger partial charge in [0.2, 0.25) is 0 Å². The standard InChI is InChI=1S/C31H39FN6O5/c1-31(2,3)38(30(40)41)23-10-8-7-9-22(23)34-28-26(32)21-17-37(16-18-11-12-20(42-5)13-24(18)43-6)29(39)25(21)27(35-28)19-14-33-36(4)15-19/h11-15,22-23H,7-10,16-17H2,1-6H3,(H,34,35)(H,40,41)/t22-,23+/m0/s1. The molecule has 1 aromatic carbocycles. The Hall–Kier alpha value is -4.35. The van der Waals surface area contributed by atoms with Gasteiger partial charge in [-0.3, -0.25) is 14.4 Å². The van der Waals surface area contributed by atoms with E-state index in [0.29, 0.717) is 35.6 Å². The molecule has 12 heteroatoms. The highest BCUT2D eigenvalue weighted by Gasteiger charge is 2.41. The molecular formula is C31H39FN6O5. The van der Waals surface area contributed by atoms with E-state index in [1.54, 1.807) is 55.4 Å². The lowest BCUT2D eigenvalue weighted by molar-refractivity contribution is 0.0519. The number of carbonyl (C=O) groups excluding carboxylic acids is 1. The van der Waals surface area contributed by atoms with Crippen molar-refractivity contribution in [3.8, 4) is 22.8 Å². The molecule has 0 saturated heterocycles. The largest absolute Gasteiger partial charge is 0.497 e. The third kappa shape index (κ3) is 5.82. The fourth-order valence-electron chi connectivity index (χ4n) is 6.27. The van der Waals surface area contributed by atoms with Crippen LogP contribution in [0.5, 0.6) is 11.5 Å². The van der Waals surface area contributed by atoms with E-state index in [1.807, 2.05) is 26.8 Å². The highest BCUT2D eigenvalue weighted by molar-refractivity contribution is 6.04. The Morgan fingerprint density at radius 2 is 1.95 bits per heavy atom. The number of amides is 2. The smallest absolute Gasteiger partial charge is 0.408 e. The van der Waals surface area contributed by atoms with Crippen LogP contribution in [0.25, 0.3) is 11.3 Å². The highest BCUT2D eigenvalue weighted by Crippen LogP contribution is 2.39. The van der Waals surface area contributed by atoms with Crippen LogP contribution in [-0.4, -0.2) is 73.5 Å². The van der Waals surface area contributed by atoms with Gasteiger partial charge in [-0.1, -0.05) is 12.8 Å². The summed E-state index contributed by atoms with van der Waals surface area (Å²) in [5, 5.41) is 17.6. The molecule has 1 saturated carbocycles. The fourth-order valence-corrected chi connectivity index (χ4v) is 6.27. The number of anilines is 1. The quantitative estimate of drug-likeness (QED) is 0.361. The number of rotatable bonds is 8. The second-order valence-electron chi connectivity index (χ2n) is 12.1. The van der Waals surface area contributed by atoms with E-state index in [9.17, 15) is 14.7 Å². The van der Waals surface area contributed by atoms with Crippen molar-refractivity contribution in [2.75, 3.05) is 19.5 Å². The SMILES string of the molecule is COc1ccc(CN2Cc3c(F)c(N[C@H]4CCCC[C@H]4N(C(=O)O)C(C)(C)C)nc(-c4cnn(C)c4)c3C2=O)c(OC)c1. The summed E-state index contributed by atoms with van der Waals surface area (Å²) in [7, 11) is 4.87. The van der Waals surface area contributed by atoms with Crippen molar-refractivity contribution in [1.82, 2.24) is 24.6 Å². The molecule has 230 valence electrons. The maximum atomic E-state index is 16.4. The summed E-state index contributed by atoms with van der Waals surface area (Å²) in [6, 6.07) is 4.62. The molecule has 43 heavy (non-hydrogen) atoms. The number of carbonyl (C=O) groups is 2. The normalized spacial score (nSPS) is 18.4. The molecule has 3 heterocycles. The Labute approximate surface area is 250 Å². The second-order valence-corrected chi connectivity index (χ2v) is 12.1. The molecular weight excluding hydrogens is 555 g/mol. The number of benzene rings is 1. The van der Waals surface area contributed by atoms with Gasteiger partial charge in [0.15, 0.2) is 11.6 Å². The van der Waals surface area contributed by atoms with Crippen molar-refractivity contribution in [2.24, 2.45) is 7.05 Å². The number of ether oxygens (including phenoxy) is 2. The predicted octanol–water partition coefficient (Wildman–Crippen LogP) is 5.30. The lowest BCUT2D eigenvalue weighted by Crippen LogP contribution is -2.58. The average Bonchev–Trinajstić information content (AvgIpc) is 3.53. The van der Waals surface area contributed by atoms with Gasteiger partial charge >= 0.3 is 6.09 Å². The molecule has 2 amide bonds. The number of hydrogen-bond donors (Lipinski definition) is 2. The number of nitrogens with one attached hydrogen (secondary N) is 1. The van der Waals surface area contributed by atoms with Gasteiger partial charge in [-0.25, -0.2) is 14.2 Å². The summed E-state index contributed by atoms with van der Waals surface area (Å²) in [6.07, 6.45) is 5.39. The average molecular weight is 595 g/mol. The lowest BCUT2D eigenvalue weighted by Gasteiger charge is -2.45. The van der Waals surface area contributed by atoms with E-state index in [0.717, 1.165) is 18.4 Å². The third-order valence-corrected chi connectivity index (χ3v) is 8.23. The second kappa shape index (κ2) is 11.7. The monoisotopic (exact) mass is 594 g/mol. The van der Waals surface area contributed by atoms with Crippen molar-refractivity contribution in [1.29, 1.82) is 0 Å². The van der Waals surface area contributed by atoms with Crippen molar-refractivity contribution >= 4 is 17.8 Å². The zero-order valence-corrected chi connectivity index (χ0v) is 25.5. The molecule has 1 aliphatic heterocycles.